The smallest absolute Gasteiger partial charge is 0.167 e. The number of benzene rings is 1. The van der Waals surface area contributed by atoms with E-state index in [1.807, 2.05) is 4.57 Å². The first-order chi connectivity index (χ1) is 11.3. The number of nitrogens with zero attached hydrogens (tertiary/aromatic N) is 4. The van der Waals surface area contributed by atoms with Crippen LogP contribution in [0, 0.1) is 5.82 Å². The molecule has 7 heteroatoms. The quantitative estimate of drug-likeness (QED) is 0.803. The molecule has 3 aromatic rings. The van der Waals surface area contributed by atoms with Crippen molar-refractivity contribution in [2.45, 2.75) is 25.5 Å². The number of nitrogens with one attached hydrogen (secondary N) is 1. The van der Waals surface area contributed by atoms with Crippen molar-refractivity contribution < 1.29 is 9.13 Å². The molecule has 1 aromatic carbocycles. The maximum Gasteiger partial charge on any atom is 0.167 e. The average molecular weight is 313 g/mol. The summed E-state index contributed by atoms with van der Waals surface area (Å²) in [6.07, 6.45) is 6.33. The van der Waals surface area contributed by atoms with E-state index in [0.717, 1.165) is 25.9 Å². The highest BCUT2D eigenvalue weighted by molar-refractivity contribution is 5.85. The number of hydrogen-bond donors (Lipinski definition) is 1. The summed E-state index contributed by atoms with van der Waals surface area (Å²) >= 11 is 0. The Bertz CT molecular complexity index is 828. The van der Waals surface area contributed by atoms with E-state index in [0.29, 0.717) is 22.7 Å². The molecule has 4 rings (SSSR count). The van der Waals surface area contributed by atoms with Gasteiger partial charge in [0.05, 0.1) is 6.33 Å². The lowest BCUT2D eigenvalue weighted by atomic mass is 10.2. The molecule has 0 amide bonds. The normalized spacial score (nSPS) is 18.2. The molecule has 1 aliphatic heterocycles. The second kappa shape index (κ2) is 5.92. The Balaban J connectivity index is 1.69. The molecule has 0 radical (unpaired) electrons. The van der Waals surface area contributed by atoms with Crippen LogP contribution in [0.1, 0.15) is 25.5 Å². The third-order valence-corrected chi connectivity index (χ3v) is 3.91. The van der Waals surface area contributed by atoms with Gasteiger partial charge < -0.3 is 10.1 Å². The molecule has 0 bridgehead atoms. The predicted molar refractivity (Wildman–Crippen MR) is 83.8 cm³/mol. The van der Waals surface area contributed by atoms with E-state index in [-0.39, 0.29) is 12.0 Å². The van der Waals surface area contributed by atoms with E-state index in [2.05, 4.69) is 20.3 Å². The molecule has 1 aliphatic rings. The Morgan fingerprint density at radius 3 is 3.00 bits per heavy atom. The van der Waals surface area contributed by atoms with Crippen molar-refractivity contribution in [3.8, 4) is 0 Å². The average Bonchev–Trinajstić information content (AvgIpc) is 3.01. The monoisotopic (exact) mass is 313 g/mol. The zero-order chi connectivity index (χ0) is 15.6. The van der Waals surface area contributed by atoms with Crippen LogP contribution in [-0.2, 0) is 4.74 Å². The number of imidazole rings is 1. The standard InChI is InChI=1S/C16H16FN5O/c17-11-4-3-5-12(8-11)21-15-14-16(19-9-18-15)22(10-20-14)13-6-1-2-7-23-13/h3-5,8-10,13H,1-2,6-7H2,(H,18,19,21). The summed E-state index contributed by atoms with van der Waals surface area (Å²) < 4.78 is 21.1. The van der Waals surface area contributed by atoms with Crippen LogP contribution in [0.15, 0.2) is 36.9 Å². The number of fused-ring (bicyclic) bond motifs is 1. The summed E-state index contributed by atoms with van der Waals surface area (Å²) in [5, 5.41) is 3.10. The second-order valence-corrected chi connectivity index (χ2v) is 5.50. The van der Waals surface area contributed by atoms with E-state index in [4.69, 9.17) is 4.74 Å². The molecule has 3 heterocycles. The summed E-state index contributed by atoms with van der Waals surface area (Å²) in [5.41, 5.74) is 1.98. The highest BCUT2D eigenvalue weighted by Gasteiger charge is 2.20. The van der Waals surface area contributed by atoms with Gasteiger partial charge in [-0.3, -0.25) is 4.57 Å². The van der Waals surface area contributed by atoms with Crippen LogP contribution < -0.4 is 5.32 Å². The maximum atomic E-state index is 13.3. The molecule has 0 aliphatic carbocycles. The first-order valence-electron chi connectivity index (χ1n) is 7.63. The number of rotatable bonds is 3. The van der Waals surface area contributed by atoms with Crippen molar-refractivity contribution in [1.29, 1.82) is 0 Å². The van der Waals surface area contributed by atoms with Gasteiger partial charge in [-0.05, 0) is 37.5 Å². The van der Waals surface area contributed by atoms with Gasteiger partial charge in [0.15, 0.2) is 17.0 Å². The van der Waals surface area contributed by atoms with Gasteiger partial charge in [-0.1, -0.05) is 6.07 Å². The Morgan fingerprint density at radius 1 is 1.22 bits per heavy atom. The Kier molecular flexibility index (Phi) is 3.63. The predicted octanol–water partition coefficient (Wildman–Crippen LogP) is 3.41. The van der Waals surface area contributed by atoms with Crippen LogP contribution in [-0.4, -0.2) is 26.1 Å². The summed E-state index contributed by atoms with van der Waals surface area (Å²) in [5.74, 6) is 0.247. The molecule has 0 saturated carbocycles. The first-order valence-corrected chi connectivity index (χ1v) is 7.63. The Labute approximate surface area is 132 Å². The first kappa shape index (κ1) is 14.1. The van der Waals surface area contributed by atoms with Crippen LogP contribution in [0.5, 0.6) is 0 Å². The number of hydrogen-bond acceptors (Lipinski definition) is 5. The minimum Gasteiger partial charge on any atom is -0.358 e. The minimum absolute atomic E-state index is 0.0364. The van der Waals surface area contributed by atoms with Crippen molar-refractivity contribution in [2.75, 3.05) is 11.9 Å². The lowest BCUT2D eigenvalue weighted by molar-refractivity contribution is -0.0298. The van der Waals surface area contributed by atoms with Crippen molar-refractivity contribution in [3.63, 3.8) is 0 Å². The van der Waals surface area contributed by atoms with Gasteiger partial charge in [-0.15, -0.1) is 0 Å². The zero-order valence-electron chi connectivity index (χ0n) is 12.4. The molecule has 1 fully saturated rings. The highest BCUT2D eigenvalue weighted by atomic mass is 19.1. The summed E-state index contributed by atoms with van der Waals surface area (Å²) in [6, 6.07) is 6.23. The van der Waals surface area contributed by atoms with Gasteiger partial charge in [-0.25, -0.2) is 19.3 Å². The van der Waals surface area contributed by atoms with Gasteiger partial charge in [0, 0.05) is 12.3 Å². The van der Waals surface area contributed by atoms with Gasteiger partial charge in [0.1, 0.15) is 18.4 Å². The van der Waals surface area contributed by atoms with Crippen LogP contribution in [0.3, 0.4) is 0 Å². The van der Waals surface area contributed by atoms with E-state index < -0.39 is 0 Å². The van der Waals surface area contributed by atoms with Crippen molar-refractivity contribution in [1.82, 2.24) is 19.5 Å². The third kappa shape index (κ3) is 2.75. The SMILES string of the molecule is Fc1cccc(Nc2ncnc3c2ncn3C2CCCCO2)c1. The maximum absolute atomic E-state index is 13.3. The second-order valence-electron chi connectivity index (χ2n) is 5.50. The molecule has 0 spiro atoms. The molecule has 1 atom stereocenters. The van der Waals surface area contributed by atoms with Gasteiger partial charge in [-0.2, -0.15) is 0 Å². The Morgan fingerprint density at radius 2 is 2.17 bits per heavy atom. The van der Waals surface area contributed by atoms with Crippen LogP contribution >= 0.6 is 0 Å². The van der Waals surface area contributed by atoms with Crippen molar-refractivity contribution >= 4 is 22.7 Å². The van der Waals surface area contributed by atoms with E-state index in [1.165, 1.54) is 18.5 Å². The molecule has 1 unspecified atom stereocenters. The van der Waals surface area contributed by atoms with Crippen LogP contribution in [0.25, 0.3) is 11.2 Å². The number of halogens is 1. The van der Waals surface area contributed by atoms with Crippen LogP contribution in [0.4, 0.5) is 15.9 Å². The minimum atomic E-state index is -0.304. The molecule has 1 saturated heterocycles. The van der Waals surface area contributed by atoms with Gasteiger partial charge >= 0.3 is 0 Å². The fourth-order valence-corrected chi connectivity index (χ4v) is 2.80. The largest absolute Gasteiger partial charge is 0.358 e. The lowest BCUT2D eigenvalue weighted by Gasteiger charge is -2.23. The van der Waals surface area contributed by atoms with Crippen LogP contribution in [0.2, 0.25) is 0 Å². The molecule has 118 valence electrons. The molecule has 2 aromatic heterocycles. The Hall–Kier alpha value is -2.54. The van der Waals surface area contributed by atoms with Gasteiger partial charge in [0.25, 0.3) is 0 Å². The molecular formula is C16H16FN5O. The van der Waals surface area contributed by atoms with E-state index in [1.54, 1.807) is 18.5 Å². The van der Waals surface area contributed by atoms with Gasteiger partial charge in [0.2, 0.25) is 0 Å². The highest BCUT2D eigenvalue weighted by Crippen LogP contribution is 2.28. The summed E-state index contributed by atoms with van der Waals surface area (Å²) in [6.45, 7) is 0.754. The fraction of sp³-hybridized carbons (Fsp3) is 0.312. The lowest BCUT2D eigenvalue weighted by Crippen LogP contribution is -2.17. The number of anilines is 2. The summed E-state index contributed by atoms with van der Waals surface area (Å²) in [4.78, 5) is 13.0. The molecule has 1 N–H and O–H groups in total. The van der Waals surface area contributed by atoms with E-state index in [9.17, 15) is 4.39 Å². The third-order valence-electron chi connectivity index (χ3n) is 3.91. The molecular weight excluding hydrogens is 297 g/mol. The van der Waals surface area contributed by atoms with Crippen molar-refractivity contribution in [3.05, 3.63) is 42.7 Å². The molecule has 23 heavy (non-hydrogen) atoms. The molecule has 6 nitrogen and oxygen atoms in total. The van der Waals surface area contributed by atoms with E-state index >= 15 is 0 Å². The summed E-state index contributed by atoms with van der Waals surface area (Å²) in [7, 11) is 0. The number of aromatic nitrogens is 4. The zero-order valence-corrected chi connectivity index (χ0v) is 12.4. The van der Waals surface area contributed by atoms with Crippen molar-refractivity contribution in [2.24, 2.45) is 0 Å². The number of ether oxygens (including phenoxy) is 1. The topological polar surface area (TPSA) is 64.9 Å². The fourth-order valence-electron chi connectivity index (χ4n) is 2.80.